The molecule has 2 aromatic heterocycles. The number of anilines is 1. The van der Waals surface area contributed by atoms with Gasteiger partial charge in [0.2, 0.25) is 0 Å². The third-order valence-corrected chi connectivity index (χ3v) is 3.36. The molecule has 0 aromatic carbocycles. The van der Waals surface area contributed by atoms with Gasteiger partial charge in [0.25, 0.3) is 0 Å². The Labute approximate surface area is 113 Å². The maximum Gasteiger partial charge on any atom is 0.347 e. The van der Waals surface area contributed by atoms with Crippen LogP contribution in [0.4, 0.5) is 5.13 Å². The van der Waals surface area contributed by atoms with E-state index in [4.69, 9.17) is 11.6 Å². The lowest BCUT2D eigenvalue weighted by Gasteiger charge is -2.02. The molecule has 0 aliphatic rings. The zero-order chi connectivity index (χ0) is 13.0. The molecule has 2 rings (SSSR count). The van der Waals surface area contributed by atoms with Crippen molar-refractivity contribution in [3.63, 3.8) is 0 Å². The monoisotopic (exact) mass is 284 g/mol. The van der Waals surface area contributed by atoms with E-state index in [2.05, 4.69) is 22.2 Å². The van der Waals surface area contributed by atoms with Crippen LogP contribution in [0.25, 0.3) is 0 Å². The zero-order valence-corrected chi connectivity index (χ0v) is 11.5. The molecule has 2 aromatic rings. The molecular weight excluding hydrogens is 272 g/mol. The van der Waals surface area contributed by atoms with E-state index in [0.29, 0.717) is 11.6 Å². The highest BCUT2D eigenvalue weighted by Crippen LogP contribution is 2.18. The van der Waals surface area contributed by atoms with E-state index in [9.17, 15) is 4.79 Å². The van der Waals surface area contributed by atoms with Gasteiger partial charge in [-0.1, -0.05) is 18.5 Å². The molecule has 0 radical (unpaired) electrons. The summed E-state index contributed by atoms with van der Waals surface area (Å²) in [6.45, 7) is 3.43. The van der Waals surface area contributed by atoms with E-state index in [1.807, 2.05) is 0 Å². The van der Waals surface area contributed by atoms with Gasteiger partial charge in [-0.2, -0.15) is 0 Å². The van der Waals surface area contributed by atoms with Crippen LogP contribution in [-0.2, 0) is 6.54 Å². The molecule has 0 aliphatic carbocycles. The molecule has 5 nitrogen and oxygen atoms in total. The standard InChI is InChI=1S/C11H13ClN4OS/c1-2-3-13-10-14-5-9(18-10)7-16-6-8(12)4-15-11(16)17/h4-6H,2-3,7H2,1H3,(H,13,14). The zero-order valence-electron chi connectivity index (χ0n) is 9.89. The summed E-state index contributed by atoms with van der Waals surface area (Å²) in [5, 5.41) is 4.52. The van der Waals surface area contributed by atoms with Crippen LogP contribution in [0.1, 0.15) is 18.2 Å². The molecule has 0 atom stereocenters. The van der Waals surface area contributed by atoms with Crippen molar-refractivity contribution in [2.24, 2.45) is 0 Å². The van der Waals surface area contributed by atoms with Crippen molar-refractivity contribution in [3.05, 3.63) is 39.0 Å². The van der Waals surface area contributed by atoms with Crippen LogP contribution >= 0.6 is 22.9 Å². The van der Waals surface area contributed by atoms with E-state index in [1.165, 1.54) is 22.1 Å². The quantitative estimate of drug-likeness (QED) is 0.915. The molecule has 0 saturated carbocycles. The Morgan fingerprint density at radius 2 is 2.28 bits per heavy atom. The number of halogens is 1. The van der Waals surface area contributed by atoms with Gasteiger partial charge in [0.15, 0.2) is 5.13 Å². The van der Waals surface area contributed by atoms with Gasteiger partial charge in [-0.25, -0.2) is 14.8 Å². The third kappa shape index (κ3) is 3.30. The van der Waals surface area contributed by atoms with Gasteiger partial charge >= 0.3 is 5.69 Å². The Bertz CT molecular complexity index is 580. The summed E-state index contributed by atoms with van der Waals surface area (Å²) in [4.78, 5) is 20.4. The summed E-state index contributed by atoms with van der Waals surface area (Å²) in [5.74, 6) is 0. The minimum Gasteiger partial charge on any atom is -0.362 e. The predicted octanol–water partition coefficient (Wildman–Crippen LogP) is 2.22. The van der Waals surface area contributed by atoms with Crippen LogP contribution in [-0.4, -0.2) is 21.1 Å². The predicted molar refractivity (Wildman–Crippen MR) is 73.5 cm³/mol. The molecular formula is C11H13ClN4OS. The van der Waals surface area contributed by atoms with Gasteiger partial charge in [0, 0.05) is 23.8 Å². The molecule has 1 N–H and O–H groups in total. The first-order valence-corrected chi connectivity index (χ1v) is 6.79. The second kappa shape index (κ2) is 5.97. The molecule has 0 bridgehead atoms. The van der Waals surface area contributed by atoms with E-state index in [1.54, 1.807) is 12.4 Å². The number of aromatic nitrogens is 3. The Morgan fingerprint density at radius 1 is 1.44 bits per heavy atom. The first-order valence-electron chi connectivity index (χ1n) is 5.59. The van der Waals surface area contributed by atoms with Crippen LogP contribution < -0.4 is 11.0 Å². The molecule has 18 heavy (non-hydrogen) atoms. The lowest BCUT2D eigenvalue weighted by molar-refractivity contribution is 0.734. The summed E-state index contributed by atoms with van der Waals surface area (Å²) in [5.41, 5.74) is -0.309. The van der Waals surface area contributed by atoms with Crippen molar-refractivity contribution >= 4 is 28.1 Å². The van der Waals surface area contributed by atoms with E-state index >= 15 is 0 Å². The molecule has 0 saturated heterocycles. The second-order valence-electron chi connectivity index (χ2n) is 3.74. The minimum atomic E-state index is -0.309. The maximum atomic E-state index is 11.5. The van der Waals surface area contributed by atoms with Crippen molar-refractivity contribution in [3.8, 4) is 0 Å². The molecule has 0 spiro atoms. The SMILES string of the molecule is CCCNc1ncc(Cn2cc(Cl)cnc2=O)s1. The third-order valence-electron chi connectivity index (χ3n) is 2.23. The average Bonchev–Trinajstić information content (AvgIpc) is 2.79. The van der Waals surface area contributed by atoms with Crippen molar-refractivity contribution in [2.45, 2.75) is 19.9 Å². The van der Waals surface area contributed by atoms with Gasteiger partial charge in [-0.3, -0.25) is 4.57 Å². The molecule has 0 amide bonds. The maximum absolute atomic E-state index is 11.5. The molecule has 0 unspecified atom stereocenters. The molecule has 7 heteroatoms. The summed E-state index contributed by atoms with van der Waals surface area (Å²) >= 11 is 7.34. The summed E-state index contributed by atoms with van der Waals surface area (Å²) in [6, 6.07) is 0. The number of hydrogen-bond donors (Lipinski definition) is 1. The van der Waals surface area contributed by atoms with Crippen molar-refractivity contribution < 1.29 is 0 Å². The Balaban J connectivity index is 2.11. The number of rotatable bonds is 5. The van der Waals surface area contributed by atoms with E-state index in [0.717, 1.165) is 23.0 Å². The first kappa shape index (κ1) is 13.0. The van der Waals surface area contributed by atoms with Crippen LogP contribution in [0.3, 0.4) is 0 Å². The van der Waals surface area contributed by atoms with E-state index < -0.39 is 0 Å². The number of hydrogen-bond acceptors (Lipinski definition) is 5. The van der Waals surface area contributed by atoms with Crippen LogP contribution in [0.5, 0.6) is 0 Å². The van der Waals surface area contributed by atoms with Gasteiger partial charge in [0.05, 0.1) is 17.8 Å². The normalized spacial score (nSPS) is 10.6. The highest BCUT2D eigenvalue weighted by Gasteiger charge is 2.04. The number of nitrogens with zero attached hydrogens (tertiary/aromatic N) is 3. The fraction of sp³-hybridized carbons (Fsp3) is 0.364. The van der Waals surface area contributed by atoms with Crippen LogP contribution in [0.2, 0.25) is 5.02 Å². The molecule has 96 valence electrons. The highest BCUT2D eigenvalue weighted by molar-refractivity contribution is 7.15. The van der Waals surface area contributed by atoms with E-state index in [-0.39, 0.29) is 5.69 Å². The minimum absolute atomic E-state index is 0.309. The molecule has 0 fully saturated rings. The van der Waals surface area contributed by atoms with Crippen LogP contribution in [0.15, 0.2) is 23.4 Å². The van der Waals surface area contributed by atoms with Crippen LogP contribution in [0, 0.1) is 0 Å². The summed E-state index contributed by atoms with van der Waals surface area (Å²) in [6.07, 6.45) is 5.74. The highest BCUT2D eigenvalue weighted by atomic mass is 35.5. The first-order chi connectivity index (χ1) is 8.69. The average molecular weight is 285 g/mol. The fourth-order valence-corrected chi connectivity index (χ4v) is 2.41. The van der Waals surface area contributed by atoms with Gasteiger partial charge < -0.3 is 5.32 Å². The summed E-state index contributed by atoms with van der Waals surface area (Å²) in [7, 11) is 0. The molecule has 2 heterocycles. The number of nitrogens with one attached hydrogen (secondary N) is 1. The van der Waals surface area contributed by atoms with Gasteiger partial charge in [0.1, 0.15) is 0 Å². The molecule has 0 aliphatic heterocycles. The Morgan fingerprint density at radius 3 is 3.06 bits per heavy atom. The Kier molecular flexibility index (Phi) is 4.33. The Hall–Kier alpha value is -1.40. The smallest absolute Gasteiger partial charge is 0.347 e. The lowest BCUT2D eigenvalue weighted by Crippen LogP contribution is -2.21. The lowest BCUT2D eigenvalue weighted by atomic mass is 10.5. The van der Waals surface area contributed by atoms with Gasteiger partial charge in [-0.05, 0) is 6.42 Å². The summed E-state index contributed by atoms with van der Waals surface area (Å²) < 4.78 is 1.47. The van der Waals surface area contributed by atoms with Gasteiger partial charge in [-0.15, -0.1) is 11.3 Å². The van der Waals surface area contributed by atoms with Crippen molar-refractivity contribution in [2.75, 3.05) is 11.9 Å². The number of thiazole rings is 1. The topological polar surface area (TPSA) is 59.8 Å². The van der Waals surface area contributed by atoms with Crippen molar-refractivity contribution in [1.29, 1.82) is 0 Å². The second-order valence-corrected chi connectivity index (χ2v) is 5.29. The van der Waals surface area contributed by atoms with Crippen molar-refractivity contribution in [1.82, 2.24) is 14.5 Å². The largest absolute Gasteiger partial charge is 0.362 e. The fourth-order valence-electron chi connectivity index (χ4n) is 1.40.